The summed E-state index contributed by atoms with van der Waals surface area (Å²) in [4.78, 5) is 37.5. The molecule has 0 aromatic rings. The Labute approximate surface area is 483 Å². The van der Waals surface area contributed by atoms with Gasteiger partial charge in [-0.05, 0) is 51.4 Å². The van der Waals surface area contributed by atoms with Crippen LogP contribution >= 0.6 is 0 Å². The fourth-order valence-electron chi connectivity index (χ4n) is 9.97. The van der Waals surface area contributed by atoms with Gasteiger partial charge in [0.2, 0.25) is 0 Å². The van der Waals surface area contributed by atoms with Gasteiger partial charge in [0.15, 0.2) is 6.10 Å². The van der Waals surface area contributed by atoms with E-state index in [2.05, 4.69) is 50.3 Å². The first-order valence-corrected chi connectivity index (χ1v) is 33.7. The lowest BCUT2D eigenvalue weighted by Crippen LogP contribution is -2.40. The Morgan fingerprint density at radius 2 is 0.692 bits per heavy atom. The van der Waals surface area contributed by atoms with Crippen LogP contribution in [0.4, 0.5) is 0 Å². The number of likely N-dealkylation sites (N-methyl/N-ethyl adjacent to an activating group) is 1. The first-order chi connectivity index (χ1) is 38.1. The van der Waals surface area contributed by atoms with Crippen LogP contribution < -0.4 is 0 Å². The maximum Gasteiger partial charge on any atom is 0.361 e. The average Bonchev–Trinajstić information content (AvgIpc) is 3.41. The molecule has 0 saturated heterocycles. The zero-order valence-corrected chi connectivity index (χ0v) is 52.3. The third-order valence-corrected chi connectivity index (χ3v) is 15.1. The number of hydrogen-bond acceptors (Lipinski definition) is 7. The summed E-state index contributed by atoms with van der Waals surface area (Å²) in [6, 6.07) is 0. The van der Waals surface area contributed by atoms with Crippen molar-refractivity contribution in [3.8, 4) is 0 Å². The minimum atomic E-state index is -1.51. The largest absolute Gasteiger partial charge is 0.477 e. The fraction of sp³-hybridized carbons (Fsp3) is 0.870. The predicted molar refractivity (Wildman–Crippen MR) is 332 cm³/mol. The number of unbranched alkanes of at least 4 members (excludes halogenated alkanes) is 42. The lowest BCUT2D eigenvalue weighted by molar-refractivity contribution is -0.870. The van der Waals surface area contributed by atoms with E-state index < -0.39 is 18.4 Å². The van der Waals surface area contributed by atoms with Crippen LogP contribution in [0.5, 0.6) is 0 Å². The highest BCUT2D eigenvalue weighted by molar-refractivity contribution is 5.71. The standard InChI is InChI=1S/C69H129NO8/c1-6-8-10-12-14-16-18-20-22-24-26-28-29-30-31-32-33-34-35-36-37-38-39-40-42-44-46-48-50-52-54-56-58-60-67(72)78-65(64-77-69(68(73)74)75-62-61-70(3,4)5)63-76-66(71)59-57-55-53-51-49-47-45-43-41-27-25-23-21-19-17-15-13-11-9-7-2/h18,20,24,26,29-30,65,69H,6-17,19,21-23,25,27-28,31-64H2,1-5H3/p+1/b20-18-,26-24-,30-29-. The highest BCUT2D eigenvalue weighted by atomic mass is 16.7. The van der Waals surface area contributed by atoms with Crippen LogP contribution in [0.3, 0.4) is 0 Å². The molecule has 2 unspecified atom stereocenters. The second-order valence-corrected chi connectivity index (χ2v) is 24.1. The molecule has 0 fully saturated rings. The Morgan fingerprint density at radius 3 is 1.03 bits per heavy atom. The first kappa shape index (κ1) is 75.5. The van der Waals surface area contributed by atoms with E-state index >= 15 is 0 Å². The Kier molecular flexibility index (Phi) is 58.7. The van der Waals surface area contributed by atoms with Gasteiger partial charge < -0.3 is 28.5 Å². The Hall–Kier alpha value is -2.49. The summed E-state index contributed by atoms with van der Waals surface area (Å²) in [5.74, 6) is -1.98. The maximum absolute atomic E-state index is 12.9. The molecule has 0 bridgehead atoms. The van der Waals surface area contributed by atoms with Crippen molar-refractivity contribution in [2.45, 2.75) is 341 Å². The number of carbonyl (C=O) groups excluding carboxylic acids is 2. The molecule has 0 saturated carbocycles. The average molecular weight is 1100 g/mol. The molecule has 9 heteroatoms. The van der Waals surface area contributed by atoms with E-state index in [0.717, 1.165) is 51.4 Å². The summed E-state index contributed by atoms with van der Waals surface area (Å²) in [6.45, 7) is 4.93. The third kappa shape index (κ3) is 61.1. The van der Waals surface area contributed by atoms with Gasteiger partial charge in [0.05, 0.1) is 34.4 Å². The molecule has 0 amide bonds. The lowest BCUT2D eigenvalue weighted by atomic mass is 10.0. The molecule has 458 valence electrons. The molecule has 0 aromatic carbocycles. The van der Waals surface area contributed by atoms with E-state index in [1.54, 1.807) is 0 Å². The van der Waals surface area contributed by atoms with Gasteiger partial charge in [-0.3, -0.25) is 9.59 Å². The van der Waals surface area contributed by atoms with Crippen LogP contribution in [-0.2, 0) is 33.3 Å². The second kappa shape index (κ2) is 60.6. The molecule has 0 aromatic heterocycles. The van der Waals surface area contributed by atoms with Crippen LogP contribution in [0.25, 0.3) is 0 Å². The van der Waals surface area contributed by atoms with E-state index in [1.165, 1.54) is 250 Å². The Morgan fingerprint density at radius 1 is 0.385 bits per heavy atom. The van der Waals surface area contributed by atoms with Crippen molar-refractivity contribution in [1.29, 1.82) is 0 Å². The number of aliphatic carboxylic acids is 1. The molecule has 0 rings (SSSR count). The smallest absolute Gasteiger partial charge is 0.361 e. The van der Waals surface area contributed by atoms with Gasteiger partial charge >= 0.3 is 17.9 Å². The quantitative estimate of drug-likeness (QED) is 0.0211. The number of carboxylic acids is 1. The summed E-state index contributed by atoms with van der Waals surface area (Å²) >= 11 is 0. The highest BCUT2D eigenvalue weighted by Crippen LogP contribution is 2.18. The molecular formula is C69H130NO8+. The molecule has 9 nitrogen and oxygen atoms in total. The molecule has 78 heavy (non-hydrogen) atoms. The van der Waals surface area contributed by atoms with Gasteiger partial charge in [0.25, 0.3) is 6.29 Å². The zero-order chi connectivity index (χ0) is 56.9. The number of allylic oxidation sites excluding steroid dienone is 6. The minimum absolute atomic E-state index is 0.176. The highest BCUT2D eigenvalue weighted by Gasteiger charge is 2.25. The Balaban J connectivity index is 4.07. The summed E-state index contributed by atoms with van der Waals surface area (Å²) in [6.07, 6.45) is 72.5. The molecule has 0 aliphatic heterocycles. The van der Waals surface area contributed by atoms with Crippen molar-refractivity contribution in [3.63, 3.8) is 0 Å². The monoisotopic (exact) mass is 1100 g/mol. The second-order valence-electron chi connectivity index (χ2n) is 24.1. The van der Waals surface area contributed by atoms with Crippen molar-refractivity contribution in [3.05, 3.63) is 36.5 Å². The number of carboxylic acid groups (broad SMARTS) is 1. The van der Waals surface area contributed by atoms with Crippen LogP contribution in [0.2, 0.25) is 0 Å². The van der Waals surface area contributed by atoms with Gasteiger partial charge in [0.1, 0.15) is 13.2 Å². The first-order valence-electron chi connectivity index (χ1n) is 33.7. The van der Waals surface area contributed by atoms with Crippen molar-refractivity contribution in [2.24, 2.45) is 0 Å². The van der Waals surface area contributed by atoms with Crippen LogP contribution in [0.15, 0.2) is 36.5 Å². The SMILES string of the molecule is CCCCCCC/C=C\C/C=C\C/C=C\CCCCCCCCCCCCCCCCCCCCC(=O)OC(COC(=O)CCCCCCCCCCCCCCCCCCCCCC)COC(OCC[N+](C)(C)C)C(=O)O. The number of hydrogen-bond donors (Lipinski definition) is 1. The molecule has 0 radical (unpaired) electrons. The number of ether oxygens (including phenoxy) is 4. The molecule has 0 heterocycles. The van der Waals surface area contributed by atoms with E-state index in [9.17, 15) is 19.5 Å². The van der Waals surface area contributed by atoms with E-state index in [-0.39, 0.29) is 38.2 Å². The topological polar surface area (TPSA) is 108 Å². The van der Waals surface area contributed by atoms with Crippen LogP contribution in [0.1, 0.15) is 328 Å². The van der Waals surface area contributed by atoms with Crippen molar-refractivity contribution in [2.75, 3.05) is 47.5 Å². The van der Waals surface area contributed by atoms with Crippen molar-refractivity contribution in [1.82, 2.24) is 0 Å². The van der Waals surface area contributed by atoms with Gasteiger partial charge in [-0.1, -0.05) is 301 Å². The molecule has 0 aliphatic carbocycles. The fourth-order valence-corrected chi connectivity index (χ4v) is 9.97. The summed E-state index contributed by atoms with van der Waals surface area (Å²) in [5.41, 5.74) is 0. The molecule has 0 aliphatic rings. The lowest BCUT2D eigenvalue weighted by Gasteiger charge is -2.25. The normalized spacial score (nSPS) is 12.9. The van der Waals surface area contributed by atoms with Crippen LogP contribution in [-0.4, -0.2) is 87.4 Å². The number of esters is 2. The number of quaternary nitrogens is 1. The minimum Gasteiger partial charge on any atom is -0.477 e. The number of rotatable bonds is 63. The Bertz CT molecular complexity index is 1370. The molecule has 1 N–H and O–H groups in total. The summed E-state index contributed by atoms with van der Waals surface area (Å²) in [5, 5.41) is 9.73. The molecule has 0 spiro atoms. The molecular weight excluding hydrogens is 971 g/mol. The number of carbonyl (C=O) groups is 3. The van der Waals surface area contributed by atoms with E-state index in [0.29, 0.717) is 17.4 Å². The van der Waals surface area contributed by atoms with Gasteiger partial charge in [0, 0.05) is 12.8 Å². The van der Waals surface area contributed by atoms with Gasteiger partial charge in [-0.2, -0.15) is 0 Å². The summed E-state index contributed by atoms with van der Waals surface area (Å²) in [7, 11) is 5.99. The third-order valence-electron chi connectivity index (χ3n) is 15.1. The van der Waals surface area contributed by atoms with Gasteiger partial charge in [-0.25, -0.2) is 4.79 Å². The number of nitrogens with zero attached hydrogens (tertiary/aromatic N) is 1. The van der Waals surface area contributed by atoms with E-state index in [1.807, 2.05) is 21.1 Å². The van der Waals surface area contributed by atoms with E-state index in [4.69, 9.17) is 18.9 Å². The van der Waals surface area contributed by atoms with Crippen molar-refractivity contribution < 1.29 is 42.9 Å². The summed E-state index contributed by atoms with van der Waals surface area (Å²) < 4.78 is 23.0. The zero-order valence-electron chi connectivity index (χ0n) is 52.3. The predicted octanol–water partition coefficient (Wildman–Crippen LogP) is 20.4. The van der Waals surface area contributed by atoms with Gasteiger partial charge in [-0.15, -0.1) is 0 Å². The molecule has 2 atom stereocenters. The van der Waals surface area contributed by atoms with Crippen molar-refractivity contribution >= 4 is 17.9 Å². The van der Waals surface area contributed by atoms with Crippen LogP contribution in [0, 0.1) is 0 Å². The maximum atomic E-state index is 12.9.